The van der Waals surface area contributed by atoms with E-state index in [4.69, 9.17) is 0 Å². The number of rotatable bonds is 6. The number of methoxy groups -OCH3 is 1. The highest BCUT2D eigenvalue weighted by Gasteiger charge is 2.24. The summed E-state index contributed by atoms with van der Waals surface area (Å²) in [4.78, 5) is 25.3. The number of nitrogens with zero attached hydrogens (tertiary/aromatic N) is 1. The van der Waals surface area contributed by atoms with Crippen LogP contribution in [0.5, 0.6) is 0 Å². The molecule has 0 aliphatic carbocycles. The number of amides is 2. The zero-order valence-corrected chi connectivity index (χ0v) is 14.1. The summed E-state index contributed by atoms with van der Waals surface area (Å²) in [5.74, 6) is -0.209. The van der Waals surface area contributed by atoms with Gasteiger partial charge in [0.25, 0.3) is 0 Å². The van der Waals surface area contributed by atoms with Crippen LogP contribution in [0.15, 0.2) is 9.90 Å². The van der Waals surface area contributed by atoms with Crippen molar-refractivity contribution < 1.29 is 14.3 Å². The summed E-state index contributed by atoms with van der Waals surface area (Å²) in [5.41, 5.74) is 0. The van der Waals surface area contributed by atoms with Gasteiger partial charge in [-0.3, -0.25) is 4.79 Å². The molecule has 8 heteroatoms. The zero-order valence-electron chi connectivity index (χ0n) is 11.9. The molecule has 1 atom stereocenters. The molecule has 1 heterocycles. The first-order chi connectivity index (χ1) is 9.43. The van der Waals surface area contributed by atoms with Crippen LogP contribution in [0.1, 0.15) is 13.8 Å². The van der Waals surface area contributed by atoms with Crippen molar-refractivity contribution in [3.8, 4) is 0 Å². The lowest BCUT2D eigenvalue weighted by molar-refractivity contribution is -0.124. The van der Waals surface area contributed by atoms with Gasteiger partial charge in [0.05, 0.1) is 17.5 Å². The summed E-state index contributed by atoms with van der Waals surface area (Å²) in [5, 5.41) is 8.53. The average molecular weight is 396 g/mol. The predicted molar refractivity (Wildman–Crippen MR) is 84.0 cm³/mol. The minimum Gasteiger partial charge on any atom is -0.453 e. The van der Waals surface area contributed by atoms with Crippen molar-refractivity contribution in [2.24, 2.45) is 5.92 Å². The van der Waals surface area contributed by atoms with Crippen LogP contribution in [0.2, 0.25) is 0 Å². The van der Waals surface area contributed by atoms with Crippen LogP contribution >= 0.6 is 22.6 Å². The quantitative estimate of drug-likeness (QED) is 0.452. The molecule has 0 aromatic rings. The smallest absolute Gasteiger partial charge is 0.407 e. The summed E-state index contributed by atoms with van der Waals surface area (Å²) in [6.45, 7) is 5.73. The lowest BCUT2D eigenvalue weighted by atomic mass is 10.0. The molecule has 0 bridgehead atoms. The minimum absolute atomic E-state index is 0.0107. The maximum atomic E-state index is 12.0. The second-order valence-electron chi connectivity index (χ2n) is 4.77. The van der Waals surface area contributed by atoms with Crippen LogP contribution in [0.3, 0.4) is 0 Å². The molecule has 0 aromatic heterocycles. The van der Waals surface area contributed by atoms with Gasteiger partial charge in [-0.05, 0) is 28.5 Å². The van der Waals surface area contributed by atoms with Gasteiger partial charge in [-0.1, -0.05) is 13.8 Å². The number of nitrogens with one attached hydrogen (secondary N) is 3. The summed E-state index contributed by atoms with van der Waals surface area (Å²) < 4.78 is 5.61. The van der Waals surface area contributed by atoms with E-state index in [2.05, 4.69) is 48.2 Å². The maximum absolute atomic E-state index is 12.0. The monoisotopic (exact) mass is 396 g/mol. The van der Waals surface area contributed by atoms with E-state index in [-0.39, 0.29) is 11.8 Å². The van der Waals surface area contributed by atoms with Gasteiger partial charge in [-0.25, -0.2) is 4.79 Å². The van der Waals surface area contributed by atoms with Gasteiger partial charge >= 0.3 is 6.09 Å². The third-order valence-electron chi connectivity index (χ3n) is 2.85. The maximum Gasteiger partial charge on any atom is 0.407 e. The van der Waals surface area contributed by atoms with Crippen LogP contribution in [-0.2, 0) is 9.53 Å². The van der Waals surface area contributed by atoms with Crippen molar-refractivity contribution in [1.82, 2.24) is 20.9 Å². The van der Waals surface area contributed by atoms with Crippen molar-refractivity contribution in [2.45, 2.75) is 19.9 Å². The largest absolute Gasteiger partial charge is 0.453 e. The normalized spacial score (nSPS) is 15.4. The number of halogens is 1. The summed E-state index contributed by atoms with van der Waals surface area (Å²) >= 11 is 2.21. The lowest BCUT2D eigenvalue weighted by Gasteiger charge is -2.22. The van der Waals surface area contributed by atoms with Gasteiger partial charge in [-0.2, -0.15) is 0 Å². The van der Waals surface area contributed by atoms with Crippen LogP contribution in [-0.4, -0.2) is 49.8 Å². The third kappa shape index (κ3) is 5.43. The molecule has 114 valence electrons. The van der Waals surface area contributed by atoms with Crippen molar-refractivity contribution >= 4 is 34.6 Å². The van der Waals surface area contributed by atoms with E-state index in [1.165, 1.54) is 7.11 Å². The Morgan fingerprint density at radius 2 is 2.25 bits per heavy atom. The van der Waals surface area contributed by atoms with Crippen molar-refractivity contribution in [3.63, 3.8) is 0 Å². The van der Waals surface area contributed by atoms with E-state index >= 15 is 0 Å². The summed E-state index contributed by atoms with van der Waals surface area (Å²) in [6.07, 6.45) is 1.40. The molecule has 0 saturated carbocycles. The van der Waals surface area contributed by atoms with E-state index in [1.54, 1.807) is 0 Å². The molecule has 0 aromatic carbocycles. The molecule has 1 rings (SSSR count). The molecule has 3 N–H and O–H groups in total. The summed E-state index contributed by atoms with van der Waals surface area (Å²) in [6, 6.07) is -0.588. The second-order valence-corrected chi connectivity index (χ2v) is 5.94. The minimum atomic E-state index is -0.597. The molecule has 7 nitrogen and oxygen atoms in total. The van der Waals surface area contributed by atoms with Gasteiger partial charge in [0.1, 0.15) is 6.04 Å². The molecule has 0 fully saturated rings. The van der Waals surface area contributed by atoms with Crippen LogP contribution in [0.25, 0.3) is 0 Å². The Morgan fingerprint density at radius 3 is 2.75 bits per heavy atom. The highest BCUT2D eigenvalue weighted by molar-refractivity contribution is 14.1. The molecule has 0 unspecified atom stereocenters. The molecule has 1 aliphatic heterocycles. The zero-order chi connectivity index (χ0) is 15.1. The van der Waals surface area contributed by atoms with Gasteiger partial charge in [0.2, 0.25) is 5.91 Å². The number of ether oxygens (including phenoxy) is 1. The fourth-order valence-electron chi connectivity index (χ4n) is 1.73. The molecule has 0 spiro atoms. The fraction of sp³-hybridized carbons (Fsp3) is 0.667. The number of hydrogen-bond donors (Lipinski definition) is 3. The van der Waals surface area contributed by atoms with Gasteiger partial charge < -0.3 is 25.6 Å². The number of carbonyl (C=O) groups is 2. The van der Waals surface area contributed by atoms with E-state index in [0.717, 1.165) is 10.4 Å². The van der Waals surface area contributed by atoms with Crippen molar-refractivity contribution in [2.75, 3.05) is 26.9 Å². The topological polar surface area (TPSA) is 82.7 Å². The molecule has 0 saturated heterocycles. The first-order valence-electron chi connectivity index (χ1n) is 6.41. The molecule has 0 radical (unpaired) electrons. The molecular weight excluding hydrogens is 375 g/mol. The first kappa shape index (κ1) is 16.9. The predicted octanol–water partition coefficient (Wildman–Crippen LogP) is 0.580. The summed E-state index contributed by atoms with van der Waals surface area (Å²) in [7, 11) is 1.28. The first-order valence-corrected chi connectivity index (χ1v) is 7.49. The highest BCUT2D eigenvalue weighted by atomic mass is 127. The Hall–Kier alpha value is -1.19. The molecule has 20 heavy (non-hydrogen) atoms. The number of hydrogen-bond acceptors (Lipinski definition) is 5. The Labute approximate surface area is 132 Å². The lowest BCUT2D eigenvalue weighted by Crippen LogP contribution is -2.50. The van der Waals surface area contributed by atoms with Crippen LogP contribution in [0, 0.1) is 5.92 Å². The SMILES string of the molecule is COC(=O)N[C@H](C(=O)NCCN1C=C(I)NC1)C(C)C. The van der Waals surface area contributed by atoms with Crippen molar-refractivity contribution in [3.05, 3.63) is 9.90 Å². The molecular formula is C12H21IN4O3. The number of carbonyl (C=O) groups excluding carboxylic acids is 2. The van der Waals surface area contributed by atoms with Crippen LogP contribution < -0.4 is 16.0 Å². The Morgan fingerprint density at radius 1 is 1.55 bits per heavy atom. The standard InChI is InChI=1S/C12H21IN4O3/c1-8(2)10(16-12(19)20-3)11(18)14-4-5-17-6-9(13)15-7-17/h6,8,10,15H,4-5,7H2,1-3H3,(H,14,18)(H,16,19)/t10-/m0/s1. The Balaban J connectivity index is 2.36. The van der Waals surface area contributed by atoms with Crippen LogP contribution in [0.4, 0.5) is 4.79 Å². The van der Waals surface area contributed by atoms with Gasteiger partial charge in [0.15, 0.2) is 0 Å². The fourth-order valence-corrected chi connectivity index (χ4v) is 2.29. The molecule has 1 aliphatic rings. The van der Waals surface area contributed by atoms with E-state index in [9.17, 15) is 9.59 Å². The third-order valence-corrected chi connectivity index (χ3v) is 3.51. The second kappa shape index (κ2) is 8.18. The van der Waals surface area contributed by atoms with Gasteiger partial charge in [-0.15, -0.1) is 0 Å². The average Bonchev–Trinajstić information content (AvgIpc) is 2.80. The van der Waals surface area contributed by atoms with E-state index < -0.39 is 12.1 Å². The number of alkyl carbamates (subject to hydrolysis) is 1. The van der Waals surface area contributed by atoms with Gasteiger partial charge in [0, 0.05) is 19.3 Å². The van der Waals surface area contributed by atoms with Crippen molar-refractivity contribution in [1.29, 1.82) is 0 Å². The highest BCUT2D eigenvalue weighted by Crippen LogP contribution is 2.09. The Kier molecular flexibility index (Phi) is 6.89. The van der Waals surface area contributed by atoms with E-state index in [0.29, 0.717) is 13.1 Å². The van der Waals surface area contributed by atoms with E-state index in [1.807, 2.05) is 20.0 Å². The Bertz CT molecular complexity index is 387. The molecule has 2 amide bonds.